The molecule has 1 aliphatic carbocycles. The highest BCUT2D eigenvalue weighted by Gasteiger charge is 2.23. The van der Waals surface area contributed by atoms with Crippen LogP contribution in [0.5, 0.6) is 11.5 Å². The molecule has 1 amide bonds. The van der Waals surface area contributed by atoms with E-state index in [2.05, 4.69) is 5.32 Å². The van der Waals surface area contributed by atoms with Crippen LogP contribution in [0.2, 0.25) is 0 Å². The maximum absolute atomic E-state index is 12.7. The molecule has 1 heterocycles. The highest BCUT2D eigenvalue weighted by atomic mass is 32.1. The molecule has 3 N–H and O–H groups in total. The number of nitrogens with one attached hydrogen (secondary N) is 1. The first-order chi connectivity index (χ1) is 12.5. The Labute approximate surface area is 161 Å². The van der Waals surface area contributed by atoms with Crippen LogP contribution in [0.1, 0.15) is 41.8 Å². The number of hydrogen-bond donors (Lipinski definition) is 2. The number of carbonyl (C=O) groups excluding carboxylic acids is 1. The Morgan fingerprint density at radius 3 is 2.65 bits per heavy atom. The number of benzene rings is 1. The molecule has 0 bridgehead atoms. The van der Waals surface area contributed by atoms with Gasteiger partial charge in [-0.2, -0.15) is 0 Å². The fourth-order valence-electron chi connectivity index (χ4n) is 3.24. The summed E-state index contributed by atoms with van der Waals surface area (Å²) in [4.78, 5) is 13.1. The van der Waals surface area contributed by atoms with Gasteiger partial charge in [-0.1, -0.05) is 30.6 Å². The van der Waals surface area contributed by atoms with Crippen LogP contribution in [-0.4, -0.2) is 30.7 Å². The molecule has 1 aromatic heterocycles. The van der Waals surface area contributed by atoms with E-state index >= 15 is 0 Å². The lowest BCUT2D eigenvalue weighted by Crippen LogP contribution is -2.36. The number of nitrogen functional groups attached to an aromatic ring is 1. The molecule has 140 valence electrons. The van der Waals surface area contributed by atoms with Crippen molar-refractivity contribution in [1.82, 2.24) is 9.88 Å². The molecule has 6 nitrogen and oxygen atoms in total. The van der Waals surface area contributed by atoms with Crippen LogP contribution >= 0.6 is 23.6 Å². The predicted octanol–water partition coefficient (Wildman–Crippen LogP) is 3.93. The van der Waals surface area contributed by atoms with Gasteiger partial charge < -0.3 is 20.5 Å². The van der Waals surface area contributed by atoms with Gasteiger partial charge in [0.25, 0.3) is 5.91 Å². The summed E-state index contributed by atoms with van der Waals surface area (Å²) < 4.78 is 12.8. The van der Waals surface area contributed by atoms with E-state index in [0.29, 0.717) is 31.8 Å². The van der Waals surface area contributed by atoms with E-state index < -0.39 is 0 Å². The molecule has 1 aromatic carbocycles. The standard InChI is InChI=1S/C18H23N3O3S2/c1-23-12-8-9-13(14(10-12)24-2)21-16(19)15(26-18(21)25)17(22)20-11-6-4-3-5-7-11/h8-11H,3-7,19H2,1-2H3,(H,20,22). The Morgan fingerprint density at radius 2 is 2.00 bits per heavy atom. The van der Waals surface area contributed by atoms with Gasteiger partial charge in [-0.3, -0.25) is 9.36 Å². The Morgan fingerprint density at radius 1 is 1.27 bits per heavy atom. The van der Waals surface area contributed by atoms with Crippen molar-refractivity contribution in [2.75, 3.05) is 20.0 Å². The number of carbonyl (C=O) groups is 1. The minimum Gasteiger partial charge on any atom is -0.497 e. The van der Waals surface area contributed by atoms with E-state index in [-0.39, 0.29) is 11.9 Å². The average molecular weight is 394 g/mol. The maximum atomic E-state index is 12.7. The van der Waals surface area contributed by atoms with Gasteiger partial charge in [0.2, 0.25) is 0 Å². The predicted molar refractivity (Wildman–Crippen MR) is 106 cm³/mol. The number of rotatable bonds is 5. The fourth-order valence-corrected chi connectivity index (χ4v) is 4.50. The Hall–Kier alpha value is -2.06. The molecule has 0 atom stereocenters. The van der Waals surface area contributed by atoms with E-state index in [4.69, 9.17) is 27.4 Å². The quantitative estimate of drug-likeness (QED) is 0.753. The molecule has 8 heteroatoms. The zero-order valence-corrected chi connectivity index (χ0v) is 16.5. The van der Waals surface area contributed by atoms with Gasteiger partial charge in [0.1, 0.15) is 22.2 Å². The number of nitrogens with two attached hydrogens (primary N) is 1. The average Bonchev–Trinajstić information content (AvgIpc) is 2.96. The first kappa shape index (κ1) is 18.7. The number of amides is 1. The van der Waals surface area contributed by atoms with Crippen molar-refractivity contribution in [1.29, 1.82) is 0 Å². The molecule has 3 rings (SSSR count). The van der Waals surface area contributed by atoms with Gasteiger partial charge in [0.15, 0.2) is 3.95 Å². The van der Waals surface area contributed by atoms with Gasteiger partial charge in [-0.05, 0) is 37.2 Å². The molecule has 0 spiro atoms. The molecular formula is C18H23N3O3S2. The van der Waals surface area contributed by atoms with Crippen molar-refractivity contribution in [3.63, 3.8) is 0 Å². The smallest absolute Gasteiger partial charge is 0.265 e. The number of nitrogens with zero attached hydrogens (tertiary/aromatic N) is 1. The first-order valence-corrected chi connectivity index (χ1v) is 9.82. The minimum absolute atomic E-state index is 0.156. The number of methoxy groups -OCH3 is 2. The second kappa shape index (κ2) is 8.09. The highest BCUT2D eigenvalue weighted by molar-refractivity contribution is 7.73. The number of anilines is 1. The van der Waals surface area contributed by atoms with Gasteiger partial charge in [0, 0.05) is 12.1 Å². The molecule has 0 aliphatic heterocycles. The van der Waals surface area contributed by atoms with Crippen molar-refractivity contribution >= 4 is 35.3 Å². The normalized spacial score (nSPS) is 14.8. The number of ether oxygens (including phenoxy) is 2. The molecule has 0 radical (unpaired) electrons. The zero-order valence-electron chi connectivity index (χ0n) is 14.9. The van der Waals surface area contributed by atoms with Crippen LogP contribution in [0.15, 0.2) is 18.2 Å². The molecule has 1 aliphatic rings. The molecule has 2 aromatic rings. The minimum atomic E-state index is -0.156. The lowest BCUT2D eigenvalue weighted by molar-refractivity contribution is 0.0932. The summed E-state index contributed by atoms with van der Waals surface area (Å²) in [5.74, 6) is 1.42. The van der Waals surface area contributed by atoms with E-state index in [1.165, 1.54) is 17.8 Å². The molecule has 1 saturated carbocycles. The first-order valence-electron chi connectivity index (χ1n) is 8.59. The zero-order chi connectivity index (χ0) is 18.7. The van der Waals surface area contributed by atoms with Crippen LogP contribution in [-0.2, 0) is 0 Å². The van der Waals surface area contributed by atoms with Gasteiger partial charge in [-0.25, -0.2) is 0 Å². The van der Waals surface area contributed by atoms with Crippen molar-refractivity contribution in [2.24, 2.45) is 0 Å². The van der Waals surface area contributed by atoms with Gasteiger partial charge in [0.05, 0.1) is 19.9 Å². The van der Waals surface area contributed by atoms with Crippen LogP contribution in [0.3, 0.4) is 0 Å². The van der Waals surface area contributed by atoms with E-state index in [0.717, 1.165) is 25.7 Å². The van der Waals surface area contributed by atoms with E-state index in [1.807, 2.05) is 6.07 Å². The lowest BCUT2D eigenvalue weighted by Gasteiger charge is -2.22. The summed E-state index contributed by atoms with van der Waals surface area (Å²) in [5.41, 5.74) is 6.98. The summed E-state index contributed by atoms with van der Waals surface area (Å²) in [5, 5.41) is 3.10. The highest BCUT2D eigenvalue weighted by Crippen LogP contribution is 2.33. The second-order valence-corrected chi connectivity index (χ2v) is 7.91. The largest absolute Gasteiger partial charge is 0.497 e. The van der Waals surface area contributed by atoms with Crippen molar-refractivity contribution in [2.45, 2.75) is 38.1 Å². The number of thiazole rings is 1. The molecule has 26 heavy (non-hydrogen) atoms. The number of aromatic nitrogens is 1. The molecule has 1 fully saturated rings. The SMILES string of the molecule is COc1ccc(-n2c(N)c(C(=O)NC3CCCCC3)sc2=S)c(OC)c1. The lowest BCUT2D eigenvalue weighted by atomic mass is 9.95. The third-order valence-corrected chi connectivity index (χ3v) is 6.01. The van der Waals surface area contributed by atoms with Gasteiger partial charge >= 0.3 is 0 Å². The Balaban J connectivity index is 1.93. The molecule has 0 saturated heterocycles. The summed E-state index contributed by atoms with van der Waals surface area (Å²) in [6.45, 7) is 0. The fraction of sp³-hybridized carbons (Fsp3) is 0.444. The van der Waals surface area contributed by atoms with Crippen molar-refractivity contribution in [3.8, 4) is 17.2 Å². The van der Waals surface area contributed by atoms with Crippen molar-refractivity contribution in [3.05, 3.63) is 27.0 Å². The Bertz CT molecular complexity index is 854. The third-order valence-electron chi connectivity index (χ3n) is 4.62. The number of hydrogen-bond acceptors (Lipinski definition) is 6. The topological polar surface area (TPSA) is 78.5 Å². The Kier molecular flexibility index (Phi) is 5.83. The van der Waals surface area contributed by atoms with E-state index in [9.17, 15) is 4.79 Å². The monoisotopic (exact) mass is 393 g/mol. The van der Waals surface area contributed by atoms with Crippen LogP contribution in [0.25, 0.3) is 5.69 Å². The third kappa shape index (κ3) is 3.71. The van der Waals surface area contributed by atoms with Crippen molar-refractivity contribution < 1.29 is 14.3 Å². The maximum Gasteiger partial charge on any atom is 0.265 e. The van der Waals surface area contributed by atoms with Gasteiger partial charge in [-0.15, -0.1) is 0 Å². The van der Waals surface area contributed by atoms with Crippen LogP contribution in [0.4, 0.5) is 5.82 Å². The summed E-state index contributed by atoms with van der Waals surface area (Å²) in [6, 6.07) is 5.60. The molecule has 0 unspecified atom stereocenters. The van der Waals surface area contributed by atoms with Crippen LogP contribution < -0.4 is 20.5 Å². The second-order valence-electron chi connectivity index (χ2n) is 6.26. The van der Waals surface area contributed by atoms with E-state index in [1.54, 1.807) is 30.9 Å². The van der Waals surface area contributed by atoms with Crippen LogP contribution in [0, 0.1) is 3.95 Å². The summed E-state index contributed by atoms with van der Waals surface area (Å²) in [6.07, 6.45) is 5.58. The summed E-state index contributed by atoms with van der Waals surface area (Å²) >= 11 is 6.69. The molecular weight excluding hydrogens is 370 g/mol. The summed E-state index contributed by atoms with van der Waals surface area (Å²) in [7, 11) is 3.16.